The van der Waals surface area contributed by atoms with Crippen LogP contribution in [0.25, 0.3) is 10.9 Å². The van der Waals surface area contributed by atoms with E-state index in [1.807, 2.05) is 37.4 Å². The predicted molar refractivity (Wildman–Crippen MR) is 132 cm³/mol. The second-order valence-electron chi connectivity index (χ2n) is 11.9. The average Bonchev–Trinajstić information content (AvgIpc) is 3.72. The number of carbonyl (C=O) groups is 3. The Labute approximate surface area is 210 Å². The Morgan fingerprint density at radius 1 is 1.11 bits per heavy atom. The number of rotatable bonds is 2. The van der Waals surface area contributed by atoms with Crippen molar-refractivity contribution in [1.29, 1.82) is 0 Å². The zero-order valence-electron chi connectivity index (χ0n) is 20.8. The fraction of sp³-hybridized carbons (Fsp3) is 0.552. The summed E-state index contributed by atoms with van der Waals surface area (Å²) in [5.41, 5.74) is 0.472. The molecule has 4 heterocycles. The van der Waals surface area contributed by atoms with E-state index >= 15 is 0 Å². The second-order valence-corrected chi connectivity index (χ2v) is 11.9. The summed E-state index contributed by atoms with van der Waals surface area (Å²) in [6.07, 6.45) is 6.05. The summed E-state index contributed by atoms with van der Waals surface area (Å²) in [7, 11) is 0. The number of benzene rings is 1. The van der Waals surface area contributed by atoms with E-state index in [0.29, 0.717) is 19.3 Å². The molecule has 3 saturated heterocycles. The molecular formula is C29H32N2O5. The molecule has 1 aromatic carbocycles. The lowest BCUT2D eigenvalue weighted by molar-refractivity contribution is -0.149. The minimum absolute atomic E-state index is 0.0257. The maximum Gasteiger partial charge on any atom is 0.235 e. The molecule has 0 bridgehead atoms. The number of carbonyl (C=O) groups excluding carboxylic acids is 3. The number of hydrogen-bond acceptors (Lipinski definition) is 5. The summed E-state index contributed by atoms with van der Waals surface area (Å²) in [4.78, 5) is 44.6. The van der Waals surface area contributed by atoms with Gasteiger partial charge in [-0.25, -0.2) is 0 Å². The van der Waals surface area contributed by atoms with Gasteiger partial charge in [-0.2, -0.15) is 0 Å². The number of aromatic nitrogens is 1. The van der Waals surface area contributed by atoms with Crippen molar-refractivity contribution < 1.29 is 23.9 Å². The van der Waals surface area contributed by atoms with Crippen LogP contribution in [0, 0.1) is 29.1 Å². The van der Waals surface area contributed by atoms with Crippen molar-refractivity contribution in [2.45, 2.75) is 70.0 Å². The van der Waals surface area contributed by atoms with Gasteiger partial charge in [-0.1, -0.05) is 44.2 Å². The van der Waals surface area contributed by atoms with Gasteiger partial charge >= 0.3 is 0 Å². The fourth-order valence-corrected chi connectivity index (χ4v) is 7.79. The van der Waals surface area contributed by atoms with Gasteiger partial charge in [-0.3, -0.25) is 14.4 Å². The highest BCUT2D eigenvalue weighted by atomic mass is 16.6. The van der Waals surface area contributed by atoms with Crippen LogP contribution in [0.15, 0.2) is 42.6 Å². The molecule has 36 heavy (non-hydrogen) atoms. The molecule has 5 aliphatic rings. The van der Waals surface area contributed by atoms with E-state index in [9.17, 15) is 14.4 Å². The molecule has 10 atom stereocenters. The molecule has 2 N–H and O–H groups in total. The Kier molecular flexibility index (Phi) is 4.60. The molecule has 0 radical (unpaired) electrons. The Balaban J connectivity index is 1.35. The standard InChI is InChI=1S/C29H32N2O5/c1-14-7-6-9-18-26-28(3,36-26)15(2)22-20(12-16-13-30-19-10-5-4-8-17(16)19)31-27(34)29(18,22)25(33)24-23(35-24)21(32)11-14/h4-6,8-10,13-15,18,20,22-24,26,30H,7,11-12H2,1-3H3,(H,31,34)/b9-6-/t14-,15-,18-,20+,22-,23-,24+,26-,28+,29-/m0/s1. The average molecular weight is 489 g/mol. The lowest BCUT2D eigenvalue weighted by Crippen LogP contribution is -2.59. The van der Waals surface area contributed by atoms with Crippen LogP contribution in [0.5, 0.6) is 0 Å². The molecule has 1 spiro atoms. The van der Waals surface area contributed by atoms with E-state index in [2.05, 4.69) is 36.3 Å². The van der Waals surface area contributed by atoms with Gasteiger partial charge in [0.15, 0.2) is 17.7 Å². The summed E-state index contributed by atoms with van der Waals surface area (Å²) in [6, 6.07) is 7.90. The minimum Gasteiger partial charge on any atom is -0.365 e. The first kappa shape index (κ1) is 22.4. The quantitative estimate of drug-likeness (QED) is 0.384. The number of ketones is 2. The van der Waals surface area contributed by atoms with Crippen molar-refractivity contribution in [3.8, 4) is 0 Å². The molecule has 188 valence electrons. The van der Waals surface area contributed by atoms with Crippen LogP contribution in [-0.2, 0) is 30.3 Å². The number of epoxide rings is 2. The predicted octanol–water partition coefficient (Wildman–Crippen LogP) is 3.13. The number of hydrogen-bond donors (Lipinski definition) is 2. The van der Waals surface area contributed by atoms with Gasteiger partial charge in [0, 0.05) is 41.4 Å². The summed E-state index contributed by atoms with van der Waals surface area (Å²) in [5.74, 6) is -1.04. The highest BCUT2D eigenvalue weighted by Crippen LogP contribution is 2.66. The second kappa shape index (κ2) is 7.39. The van der Waals surface area contributed by atoms with Gasteiger partial charge < -0.3 is 19.8 Å². The zero-order chi connectivity index (χ0) is 25.0. The van der Waals surface area contributed by atoms with Crippen molar-refractivity contribution in [1.82, 2.24) is 10.3 Å². The van der Waals surface area contributed by atoms with Crippen LogP contribution in [0.1, 0.15) is 39.2 Å². The molecular weight excluding hydrogens is 456 g/mol. The summed E-state index contributed by atoms with van der Waals surface area (Å²) < 4.78 is 12.0. The van der Waals surface area contributed by atoms with Crippen LogP contribution in [0.3, 0.4) is 0 Å². The number of aromatic amines is 1. The van der Waals surface area contributed by atoms with Gasteiger partial charge in [-0.15, -0.1) is 0 Å². The monoisotopic (exact) mass is 488 g/mol. The number of ether oxygens (including phenoxy) is 2. The van der Waals surface area contributed by atoms with Crippen molar-refractivity contribution in [3.05, 3.63) is 48.2 Å². The van der Waals surface area contributed by atoms with Crippen LogP contribution >= 0.6 is 0 Å². The minimum atomic E-state index is -1.30. The molecule has 7 heteroatoms. The molecule has 7 rings (SSSR count). The first-order valence-corrected chi connectivity index (χ1v) is 13.2. The molecule has 4 fully saturated rings. The number of nitrogens with one attached hydrogen (secondary N) is 2. The van der Waals surface area contributed by atoms with E-state index in [1.165, 1.54) is 0 Å². The number of fused-ring (bicyclic) bond motifs is 4. The third-order valence-corrected chi connectivity index (χ3v) is 9.86. The van der Waals surface area contributed by atoms with Gasteiger partial charge in [0.2, 0.25) is 5.91 Å². The van der Waals surface area contributed by atoms with E-state index < -0.39 is 17.6 Å². The maximum atomic E-state index is 14.3. The first-order chi connectivity index (χ1) is 17.3. The topological polar surface area (TPSA) is 104 Å². The first-order valence-electron chi connectivity index (χ1n) is 13.2. The molecule has 2 aromatic rings. The Bertz CT molecular complexity index is 1330. The highest BCUT2D eigenvalue weighted by Gasteiger charge is 2.80. The molecule has 3 aliphatic heterocycles. The van der Waals surface area contributed by atoms with Crippen molar-refractivity contribution in [3.63, 3.8) is 0 Å². The van der Waals surface area contributed by atoms with E-state index in [1.54, 1.807) is 0 Å². The zero-order valence-corrected chi connectivity index (χ0v) is 20.8. The van der Waals surface area contributed by atoms with Crippen LogP contribution < -0.4 is 5.32 Å². The van der Waals surface area contributed by atoms with E-state index in [-0.39, 0.29) is 58.9 Å². The Morgan fingerprint density at radius 2 is 1.92 bits per heavy atom. The fourth-order valence-electron chi connectivity index (χ4n) is 7.79. The van der Waals surface area contributed by atoms with Crippen molar-refractivity contribution in [2.24, 2.45) is 29.1 Å². The lowest BCUT2D eigenvalue weighted by atomic mass is 9.51. The summed E-state index contributed by atoms with van der Waals surface area (Å²) in [6.45, 7) is 6.27. The number of H-pyrrole nitrogens is 1. The smallest absolute Gasteiger partial charge is 0.235 e. The Hall–Kier alpha value is -2.77. The van der Waals surface area contributed by atoms with Crippen LogP contribution in [0.2, 0.25) is 0 Å². The summed E-state index contributed by atoms with van der Waals surface area (Å²) >= 11 is 0. The van der Waals surface area contributed by atoms with Gasteiger partial charge in [0.05, 0.1) is 11.7 Å². The largest absolute Gasteiger partial charge is 0.365 e. The van der Waals surface area contributed by atoms with Gasteiger partial charge in [0.1, 0.15) is 11.5 Å². The number of para-hydroxylation sites is 1. The third-order valence-electron chi connectivity index (χ3n) is 9.86. The van der Waals surface area contributed by atoms with Gasteiger partial charge in [-0.05, 0) is 43.2 Å². The van der Waals surface area contributed by atoms with Crippen LogP contribution in [0.4, 0.5) is 0 Å². The molecule has 2 aliphatic carbocycles. The normalized spacial score (nSPS) is 46.1. The molecule has 7 nitrogen and oxygen atoms in total. The number of amides is 1. The van der Waals surface area contributed by atoms with Crippen molar-refractivity contribution in [2.75, 3.05) is 0 Å². The number of allylic oxidation sites excluding steroid dienone is 1. The maximum absolute atomic E-state index is 14.3. The number of Topliss-reactive ketones (excluding diaryl/α,β-unsaturated/α-hetero) is 2. The van der Waals surface area contributed by atoms with Crippen molar-refractivity contribution >= 4 is 28.4 Å². The molecule has 1 saturated carbocycles. The Morgan fingerprint density at radius 3 is 2.75 bits per heavy atom. The summed E-state index contributed by atoms with van der Waals surface area (Å²) in [5, 5.41) is 4.39. The van der Waals surface area contributed by atoms with E-state index in [0.717, 1.165) is 16.5 Å². The lowest BCUT2D eigenvalue weighted by Gasteiger charge is -2.45. The third kappa shape index (κ3) is 2.84. The SMILES string of the molecule is C[C@H]1C/C=C\[C@H]2[C@@H]3O[C@]3(C)[C@@H](C)[C@H]3[C@@H](Cc4c[nH]c5ccccc45)NC(=O)[C@]32C(=O)[C@@H]2O[C@H]2C(=O)C1. The van der Waals surface area contributed by atoms with Crippen LogP contribution in [-0.4, -0.2) is 52.4 Å². The highest BCUT2D eigenvalue weighted by molar-refractivity contribution is 6.13. The van der Waals surface area contributed by atoms with Gasteiger partial charge in [0.25, 0.3) is 0 Å². The van der Waals surface area contributed by atoms with E-state index in [4.69, 9.17) is 9.47 Å². The molecule has 0 unspecified atom stereocenters. The molecule has 1 amide bonds. The molecule has 1 aromatic heterocycles.